The zero-order valence-electron chi connectivity index (χ0n) is 12.2. The summed E-state index contributed by atoms with van der Waals surface area (Å²) in [5.41, 5.74) is 0.544. The van der Waals surface area contributed by atoms with E-state index in [-0.39, 0.29) is 18.0 Å². The fourth-order valence-electron chi connectivity index (χ4n) is 2.18. The Hall–Kier alpha value is -2.73. The topological polar surface area (TPSA) is 73.5 Å². The highest BCUT2D eigenvalue weighted by atomic mass is 35.5. The molecule has 0 bridgehead atoms. The quantitative estimate of drug-likeness (QED) is 0.797. The van der Waals surface area contributed by atoms with Gasteiger partial charge in [0.15, 0.2) is 5.58 Å². The zero-order chi connectivity index (χ0) is 16.4. The fraction of sp³-hybridized carbons (Fsp3) is 0.125. The summed E-state index contributed by atoms with van der Waals surface area (Å²) in [5.74, 6) is 0.183. The first-order chi connectivity index (χ1) is 11.1. The van der Waals surface area contributed by atoms with Gasteiger partial charge in [-0.1, -0.05) is 17.7 Å². The first-order valence-corrected chi connectivity index (χ1v) is 7.18. The van der Waals surface area contributed by atoms with E-state index in [2.05, 4.69) is 5.32 Å². The molecule has 0 fully saturated rings. The number of carbonyl (C=O) groups is 1. The maximum atomic E-state index is 12.2. The van der Waals surface area contributed by atoms with Crippen molar-refractivity contribution < 1.29 is 14.1 Å². The Labute approximate surface area is 136 Å². The van der Waals surface area contributed by atoms with E-state index < -0.39 is 0 Å². The average molecular weight is 333 g/mol. The Morgan fingerprint density at radius 1 is 1.30 bits per heavy atom. The van der Waals surface area contributed by atoms with Crippen LogP contribution in [0.15, 0.2) is 51.8 Å². The SMILES string of the molecule is COc1ccc2c(=O)n(CC(=O)Nc3cccc(Cl)c3)oc2c1. The Kier molecular flexibility index (Phi) is 4.08. The third-order valence-electron chi connectivity index (χ3n) is 3.25. The van der Waals surface area contributed by atoms with Crippen LogP contribution in [0.3, 0.4) is 0 Å². The van der Waals surface area contributed by atoms with Crippen LogP contribution in [0.2, 0.25) is 5.02 Å². The zero-order valence-corrected chi connectivity index (χ0v) is 13.0. The number of nitrogens with one attached hydrogen (secondary N) is 1. The molecule has 1 N–H and O–H groups in total. The molecule has 23 heavy (non-hydrogen) atoms. The van der Waals surface area contributed by atoms with Gasteiger partial charge in [0.25, 0.3) is 5.56 Å². The molecule has 1 amide bonds. The number of nitrogens with zero attached hydrogens (tertiary/aromatic N) is 1. The van der Waals surface area contributed by atoms with Crippen LogP contribution in [0.5, 0.6) is 5.75 Å². The van der Waals surface area contributed by atoms with E-state index in [1.807, 2.05) is 0 Å². The van der Waals surface area contributed by atoms with E-state index in [4.69, 9.17) is 20.9 Å². The maximum absolute atomic E-state index is 12.2. The largest absolute Gasteiger partial charge is 0.497 e. The van der Waals surface area contributed by atoms with E-state index in [1.165, 1.54) is 7.11 Å². The second-order valence-corrected chi connectivity index (χ2v) is 5.29. The van der Waals surface area contributed by atoms with Gasteiger partial charge < -0.3 is 14.6 Å². The second-order valence-electron chi connectivity index (χ2n) is 4.85. The first kappa shape index (κ1) is 15.2. The van der Waals surface area contributed by atoms with Crippen molar-refractivity contribution in [3.63, 3.8) is 0 Å². The second kappa shape index (κ2) is 6.18. The molecular weight excluding hydrogens is 320 g/mol. The Bertz CT molecular complexity index is 929. The van der Waals surface area contributed by atoms with E-state index in [9.17, 15) is 9.59 Å². The third kappa shape index (κ3) is 3.22. The lowest BCUT2D eigenvalue weighted by molar-refractivity contribution is -0.117. The van der Waals surface area contributed by atoms with Gasteiger partial charge in [0.1, 0.15) is 12.3 Å². The summed E-state index contributed by atoms with van der Waals surface area (Å²) in [7, 11) is 1.52. The van der Waals surface area contributed by atoms with Crippen LogP contribution in [0.25, 0.3) is 11.0 Å². The number of fused-ring (bicyclic) bond motifs is 1. The van der Waals surface area contributed by atoms with Crippen molar-refractivity contribution in [3.05, 3.63) is 57.8 Å². The van der Waals surface area contributed by atoms with Crippen LogP contribution in [-0.2, 0) is 11.3 Å². The van der Waals surface area contributed by atoms with Crippen molar-refractivity contribution in [2.45, 2.75) is 6.54 Å². The number of carbonyl (C=O) groups excluding carboxylic acids is 1. The highest BCUT2D eigenvalue weighted by molar-refractivity contribution is 6.30. The molecule has 2 aromatic carbocycles. The summed E-state index contributed by atoms with van der Waals surface area (Å²) in [5, 5.41) is 3.56. The minimum atomic E-state index is -0.389. The van der Waals surface area contributed by atoms with Gasteiger partial charge in [-0.2, -0.15) is 4.74 Å². The number of rotatable bonds is 4. The summed E-state index contributed by atoms with van der Waals surface area (Å²) < 4.78 is 11.5. The monoisotopic (exact) mass is 332 g/mol. The number of hydrogen-bond acceptors (Lipinski definition) is 4. The van der Waals surface area contributed by atoms with E-state index >= 15 is 0 Å². The molecule has 0 aliphatic carbocycles. The lowest BCUT2D eigenvalue weighted by Gasteiger charge is -2.04. The molecule has 0 aliphatic heterocycles. The van der Waals surface area contributed by atoms with Crippen molar-refractivity contribution in [1.29, 1.82) is 0 Å². The van der Waals surface area contributed by atoms with E-state index in [0.717, 1.165) is 4.74 Å². The molecule has 0 unspecified atom stereocenters. The molecule has 3 aromatic rings. The van der Waals surface area contributed by atoms with Crippen LogP contribution >= 0.6 is 11.6 Å². The number of amides is 1. The number of aromatic nitrogens is 1. The number of ether oxygens (including phenoxy) is 1. The minimum Gasteiger partial charge on any atom is -0.497 e. The van der Waals surface area contributed by atoms with Gasteiger partial charge in [-0.25, -0.2) is 0 Å². The molecule has 118 valence electrons. The first-order valence-electron chi connectivity index (χ1n) is 6.80. The molecule has 0 aliphatic rings. The maximum Gasteiger partial charge on any atom is 0.290 e. The lowest BCUT2D eigenvalue weighted by atomic mass is 10.2. The summed E-state index contributed by atoms with van der Waals surface area (Å²) in [6, 6.07) is 11.6. The van der Waals surface area contributed by atoms with Crippen molar-refractivity contribution in [1.82, 2.24) is 4.74 Å². The van der Waals surface area contributed by atoms with Crippen molar-refractivity contribution >= 4 is 34.2 Å². The van der Waals surface area contributed by atoms with Crippen molar-refractivity contribution in [3.8, 4) is 5.75 Å². The van der Waals surface area contributed by atoms with Gasteiger partial charge in [-0.05, 0) is 30.3 Å². The van der Waals surface area contributed by atoms with Gasteiger partial charge in [-0.3, -0.25) is 9.59 Å². The number of benzene rings is 2. The molecule has 0 saturated heterocycles. The van der Waals surface area contributed by atoms with Crippen LogP contribution in [0.4, 0.5) is 5.69 Å². The number of anilines is 1. The highest BCUT2D eigenvalue weighted by Gasteiger charge is 2.13. The molecule has 0 atom stereocenters. The van der Waals surface area contributed by atoms with Gasteiger partial charge in [0.05, 0.1) is 12.5 Å². The van der Waals surface area contributed by atoms with Crippen molar-refractivity contribution in [2.24, 2.45) is 0 Å². The molecule has 6 nitrogen and oxygen atoms in total. The fourth-order valence-corrected chi connectivity index (χ4v) is 2.37. The van der Waals surface area contributed by atoms with Crippen LogP contribution < -0.4 is 15.6 Å². The Morgan fingerprint density at radius 3 is 2.87 bits per heavy atom. The molecule has 1 heterocycles. The van der Waals surface area contributed by atoms with Crippen LogP contribution in [-0.4, -0.2) is 17.8 Å². The minimum absolute atomic E-state index is 0.234. The summed E-state index contributed by atoms with van der Waals surface area (Å²) in [6.07, 6.45) is 0. The molecule has 3 rings (SSSR count). The number of halogens is 1. The highest BCUT2D eigenvalue weighted by Crippen LogP contribution is 2.19. The van der Waals surface area contributed by atoms with Crippen molar-refractivity contribution in [2.75, 3.05) is 12.4 Å². The predicted molar refractivity (Wildman–Crippen MR) is 87.1 cm³/mol. The summed E-state index contributed by atoms with van der Waals surface area (Å²) >= 11 is 5.86. The van der Waals surface area contributed by atoms with E-state index in [1.54, 1.807) is 42.5 Å². The number of hydrogen-bond donors (Lipinski definition) is 1. The molecule has 7 heteroatoms. The van der Waals surface area contributed by atoms with Gasteiger partial charge in [-0.15, -0.1) is 0 Å². The third-order valence-corrected chi connectivity index (χ3v) is 3.48. The van der Waals surface area contributed by atoms with Gasteiger partial charge in [0, 0.05) is 16.8 Å². The van der Waals surface area contributed by atoms with Crippen LogP contribution in [0.1, 0.15) is 0 Å². The van der Waals surface area contributed by atoms with E-state index in [0.29, 0.717) is 27.4 Å². The van der Waals surface area contributed by atoms with Gasteiger partial charge in [0.2, 0.25) is 5.91 Å². The summed E-state index contributed by atoms with van der Waals surface area (Å²) in [6.45, 7) is -0.234. The lowest BCUT2D eigenvalue weighted by Crippen LogP contribution is -2.24. The molecule has 0 saturated carbocycles. The molecule has 0 radical (unpaired) electrons. The Balaban J connectivity index is 1.82. The average Bonchev–Trinajstić information content (AvgIpc) is 2.82. The number of methoxy groups -OCH3 is 1. The normalized spacial score (nSPS) is 10.7. The molecule has 0 spiro atoms. The predicted octanol–water partition coefficient (Wildman–Crippen LogP) is 2.90. The van der Waals surface area contributed by atoms with Gasteiger partial charge >= 0.3 is 0 Å². The molecular formula is C16H13ClN2O4. The van der Waals surface area contributed by atoms with Crippen LogP contribution in [0, 0.1) is 0 Å². The molecule has 1 aromatic heterocycles. The smallest absolute Gasteiger partial charge is 0.290 e. The summed E-state index contributed by atoms with van der Waals surface area (Å²) in [4.78, 5) is 24.2. The Morgan fingerprint density at radius 2 is 2.13 bits per heavy atom. The standard InChI is InChI=1S/C16H13ClN2O4/c1-22-12-5-6-13-14(8-12)23-19(16(13)21)9-15(20)18-11-4-2-3-10(17)7-11/h2-8H,9H2,1H3,(H,18,20).